The summed E-state index contributed by atoms with van der Waals surface area (Å²) in [7, 11) is 1.67. The van der Waals surface area contributed by atoms with E-state index >= 15 is 0 Å². The predicted molar refractivity (Wildman–Crippen MR) is 105 cm³/mol. The molecule has 5 heteroatoms. The first-order valence-electron chi connectivity index (χ1n) is 9.62. The van der Waals surface area contributed by atoms with Crippen LogP contribution < -0.4 is 10.1 Å². The Balaban J connectivity index is 1.45. The molecule has 142 valence electrons. The molecule has 1 amide bonds. The van der Waals surface area contributed by atoms with E-state index < -0.39 is 0 Å². The monoisotopic (exact) mass is 366 g/mol. The first-order valence-corrected chi connectivity index (χ1v) is 9.62. The fourth-order valence-corrected chi connectivity index (χ4v) is 4.05. The van der Waals surface area contributed by atoms with Crippen LogP contribution >= 0.6 is 0 Å². The lowest BCUT2D eigenvalue weighted by Crippen LogP contribution is -2.50. The number of methoxy groups -OCH3 is 1. The maximum Gasteiger partial charge on any atom is 0.251 e. The maximum absolute atomic E-state index is 12.7. The van der Waals surface area contributed by atoms with Crippen molar-refractivity contribution in [2.75, 3.05) is 33.4 Å². The second-order valence-corrected chi connectivity index (χ2v) is 7.21. The molecule has 0 aliphatic carbocycles. The van der Waals surface area contributed by atoms with Crippen LogP contribution in [0.25, 0.3) is 11.1 Å². The highest BCUT2D eigenvalue weighted by atomic mass is 16.5. The van der Waals surface area contributed by atoms with E-state index in [4.69, 9.17) is 9.47 Å². The third kappa shape index (κ3) is 3.84. The van der Waals surface area contributed by atoms with Gasteiger partial charge in [-0.3, -0.25) is 9.69 Å². The molecule has 2 aromatic carbocycles. The maximum atomic E-state index is 12.7. The number of rotatable bonds is 5. The van der Waals surface area contributed by atoms with E-state index in [-0.39, 0.29) is 11.9 Å². The fourth-order valence-electron chi connectivity index (χ4n) is 4.05. The largest absolute Gasteiger partial charge is 0.496 e. The molecule has 2 heterocycles. The molecule has 0 saturated carbocycles. The van der Waals surface area contributed by atoms with E-state index in [9.17, 15) is 4.79 Å². The molecule has 2 aliphatic heterocycles. The van der Waals surface area contributed by atoms with E-state index in [2.05, 4.69) is 10.2 Å². The Labute approximate surface area is 160 Å². The van der Waals surface area contributed by atoms with E-state index in [1.54, 1.807) is 7.11 Å². The van der Waals surface area contributed by atoms with Crippen LogP contribution in [0.4, 0.5) is 0 Å². The summed E-state index contributed by atoms with van der Waals surface area (Å²) < 4.78 is 11.1. The predicted octanol–water partition coefficient (Wildman–Crippen LogP) is 2.96. The zero-order chi connectivity index (χ0) is 18.6. The molecular formula is C22H26N2O3. The van der Waals surface area contributed by atoms with Crippen LogP contribution in [0.2, 0.25) is 0 Å². The van der Waals surface area contributed by atoms with Gasteiger partial charge in [-0.15, -0.1) is 0 Å². The van der Waals surface area contributed by atoms with Gasteiger partial charge in [0.2, 0.25) is 0 Å². The second-order valence-electron chi connectivity index (χ2n) is 7.21. The molecule has 4 rings (SSSR count). The van der Waals surface area contributed by atoms with Crippen molar-refractivity contribution in [1.29, 1.82) is 0 Å². The average molecular weight is 366 g/mol. The van der Waals surface area contributed by atoms with Crippen molar-refractivity contribution < 1.29 is 14.3 Å². The SMILES string of the molecule is COc1ccccc1-c1ccc(C(=O)N[C@@H]2COC[C@H]2N2CCCC2)cc1. The summed E-state index contributed by atoms with van der Waals surface area (Å²) in [5.41, 5.74) is 2.72. The minimum absolute atomic E-state index is 0.0405. The van der Waals surface area contributed by atoms with Crippen molar-refractivity contribution in [1.82, 2.24) is 10.2 Å². The van der Waals surface area contributed by atoms with E-state index in [0.29, 0.717) is 24.8 Å². The number of hydrogen-bond acceptors (Lipinski definition) is 4. The number of benzene rings is 2. The van der Waals surface area contributed by atoms with Crippen molar-refractivity contribution in [2.24, 2.45) is 0 Å². The molecule has 2 aromatic rings. The number of amides is 1. The van der Waals surface area contributed by atoms with Gasteiger partial charge in [0.15, 0.2) is 0 Å². The van der Waals surface area contributed by atoms with Crippen molar-refractivity contribution in [3.63, 3.8) is 0 Å². The molecule has 0 aromatic heterocycles. The lowest BCUT2D eigenvalue weighted by Gasteiger charge is -2.27. The van der Waals surface area contributed by atoms with Crippen LogP contribution in [0.5, 0.6) is 5.75 Å². The number of carbonyl (C=O) groups is 1. The van der Waals surface area contributed by atoms with Gasteiger partial charge in [0, 0.05) is 11.1 Å². The summed E-state index contributed by atoms with van der Waals surface area (Å²) in [6.07, 6.45) is 2.48. The number of para-hydroxylation sites is 1. The fraction of sp³-hybridized carbons (Fsp3) is 0.409. The average Bonchev–Trinajstić information content (AvgIpc) is 3.39. The Bertz CT molecular complexity index is 784. The molecular weight excluding hydrogens is 340 g/mol. The molecule has 2 saturated heterocycles. The molecule has 0 spiro atoms. The normalized spacial score (nSPS) is 22.7. The van der Waals surface area contributed by atoms with Crippen LogP contribution in [0.3, 0.4) is 0 Å². The van der Waals surface area contributed by atoms with Crippen LogP contribution in [0, 0.1) is 0 Å². The summed E-state index contributed by atoms with van der Waals surface area (Å²) in [6, 6.07) is 15.9. The molecule has 2 aliphatic rings. The summed E-state index contributed by atoms with van der Waals surface area (Å²) in [6.45, 7) is 3.51. The van der Waals surface area contributed by atoms with Gasteiger partial charge in [-0.2, -0.15) is 0 Å². The summed E-state index contributed by atoms with van der Waals surface area (Å²) in [5, 5.41) is 3.17. The molecule has 27 heavy (non-hydrogen) atoms. The molecule has 0 unspecified atom stereocenters. The van der Waals surface area contributed by atoms with E-state index in [1.807, 2.05) is 48.5 Å². The van der Waals surface area contributed by atoms with Gasteiger partial charge < -0.3 is 14.8 Å². The molecule has 0 bridgehead atoms. The van der Waals surface area contributed by atoms with E-state index in [1.165, 1.54) is 12.8 Å². The lowest BCUT2D eigenvalue weighted by atomic mass is 10.0. The Morgan fingerprint density at radius 2 is 1.81 bits per heavy atom. The van der Waals surface area contributed by atoms with Gasteiger partial charge in [0.1, 0.15) is 5.75 Å². The number of carbonyl (C=O) groups excluding carboxylic acids is 1. The Hall–Kier alpha value is -2.37. The first kappa shape index (κ1) is 18.0. The Morgan fingerprint density at radius 1 is 1.07 bits per heavy atom. The Morgan fingerprint density at radius 3 is 2.56 bits per heavy atom. The minimum Gasteiger partial charge on any atom is -0.496 e. The summed E-state index contributed by atoms with van der Waals surface area (Å²) in [4.78, 5) is 15.2. The number of hydrogen-bond donors (Lipinski definition) is 1. The molecule has 2 fully saturated rings. The third-order valence-electron chi connectivity index (χ3n) is 5.54. The Kier molecular flexibility index (Phi) is 5.41. The van der Waals surface area contributed by atoms with Crippen molar-refractivity contribution in [2.45, 2.75) is 24.9 Å². The smallest absolute Gasteiger partial charge is 0.251 e. The van der Waals surface area contributed by atoms with Gasteiger partial charge in [-0.25, -0.2) is 0 Å². The lowest BCUT2D eigenvalue weighted by molar-refractivity contribution is 0.0916. The van der Waals surface area contributed by atoms with Crippen LogP contribution in [-0.2, 0) is 4.74 Å². The molecule has 1 N–H and O–H groups in total. The van der Waals surface area contributed by atoms with Crippen molar-refractivity contribution >= 4 is 5.91 Å². The highest BCUT2D eigenvalue weighted by Gasteiger charge is 2.35. The third-order valence-corrected chi connectivity index (χ3v) is 5.54. The zero-order valence-electron chi connectivity index (χ0n) is 15.7. The first-order chi connectivity index (χ1) is 13.3. The highest BCUT2D eigenvalue weighted by molar-refractivity contribution is 5.95. The van der Waals surface area contributed by atoms with Crippen LogP contribution in [0.1, 0.15) is 23.2 Å². The summed E-state index contributed by atoms with van der Waals surface area (Å²) >= 11 is 0. The topological polar surface area (TPSA) is 50.8 Å². The number of likely N-dealkylation sites (tertiary alicyclic amines) is 1. The number of nitrogens with one attached hydrogen (secondary N) is 1. The highest BCUT2D eigenvalue weighted by Crippen LogP contribution is 2.29. The molecule has 0 radical (unpaired) electrons. The number of nitrogens with zero attached hydrogens (tertiary/aromatic N) is 1. The van der Waals surface area contributed by atoms with Crippen molar-refractivity contribution in [3.8, 4) is 16.9 Å². The van der Waals surface area contributed by atoms with Gasteiger partial charge in [-0.05, 0) is 49.7 Å². The zero-order valence-corrected chi connectivity index (χ0v) is 15.7. The van der Waals surface area contributed by atoms with Gasteiger partial charge in [0.05, 0.1) is 32.4 Å². The molecule has 2 atom stereocenters. The summed E-state index contributed by atoms with van der Waals surface area (Å²) in [5.74, 6) is 0.785. The van der Waals surface area contributed by atoms with Crippen LogP contribution in [0.15, 0.2) is 48.5 Å². The molecule has 5 nitrogen and oxygen atoms in total. The minimum atomic E-state index is -0.0405. The second kappa shape index (κ2) is 8.11. The van der Waals surface area contributed by atoms with Crippen molar-refractivity contribution in [3.05, 3.63) is 54.1 Å². The van der Waals surface area contributed by atoms with Crippen LogP contribution in [-0.4, -0.2) is 56.3 Å². The number of ether oxygens (including phenoxy) is 2. The van der Waals surface area contributed by atoms with Gasteiger partial charge in [-0.1, -0.05) is 30.3 Å². The van der Waals surface area contributed by atoms with E-state index in [0.717, 1.165) is 30.0 Å². The standard InChI is InChI=1S/C22H26N2O3/c1-26-21-7-3-2-6-18(21)16-8-10-17(11-9-16)22(25)23-19-14-27-15-20(19)24-12-4-5-13-24/h2-3,6-11,19-20H,4-5,12-15H2,1H3,(H,23,25)/t19-,20-/m1/s1. The van der Waals surface area contributed by atoms with Gasteiger partial charge in [0.25, 0.3) is 5.91 Å². The quantitative estimate of drug-likeness (QED) is 0.884. The van der Waals surface area contributed by atoms with Gasteiger partial charge >= 0.3 is 0 Å².